The molecule has 0 spiro atoms. The number of rotatable bonds is 5. The summed E-state index contributed by atoms with van der Waals surface area (Å²) in [4.78, 5) is 0. The predicted octanol–water partition coefficient (Wildman–Crippen LogP) is 1.86. The minimum absolute atomic E-state index is 0.536. The van der Waals surface area contributed by atoms with Gasteiger partial charge in [0, 0.05) is 25.2 Å². The Hall–Kier alpha value is -1.88. The molecule has 2 rings (SSSR count). The van der Waals surface area contributed by atoms with Gasteiger partial charge in [0.2, 0.25) is 5.95 Å². The molecule has 5 heteroatoms. The number of hydrogen-bond acceptors (Lipinski definition) is 4. The van der Waals surface area contributed by atoms with Crippen molar-refractivity contribution in [2.45, 2.75) is 26.9 Å². The number of anilines is 1. The second kappa shape index (κ2) is 5.64. The lowest BCUT2D eigenvalue weighted by Gasteiger charge is -2.08. The normalized spacial score (nSPS) is 10.6. The smallest absolute Gasteiger partial charge is 0.224 e. The van der Waals surface area contributed by atoms with E-state index in [0.29, 0.717) is 6.54 Å². The van der Waals surface area contributed by atoms with E-state index in [0.717, 1.165) is 36.0 Å². The fourth-order valence-electron chi connectivity index (χ4n) is 1.94. The van der Waals surface area contributed by atoms with Gasteiger partial charge in [-0.2, -0.15) is 0 Å². The molecule has 3 N–H and O–H groups in total. The summed E-state index contributed by atoms with van der Waals surface area (Å²) in [7, 11) is 0. The van der Waals surface area contributed by atoms with Gasteiger partial charge >= 0.3 is 0 Å². The number of nitrogens with two attached hydrogens (primary N) is 1. The summed E-state index contributed by atoms with van der Waals surface area (Å²) >= 11 is 0. The van der Waals surface area contributed by atoms with Crippen molar-refractivity contribution < 1.29 is 0 Å². The second-order valence-corrected chi connectivity index (χ2v) is 4.03. The molecule has 0 bridgehead atoms. The maximum atomic E-state index is 5.67. The molecule has 1 heterocycles. The first-order valence-corrected chi connectivity index (χ1v) is 6.26. The SMILES string of the molecule is CCNc1nnc(-c2cccc(CN)c2)n1CC. The van der Waals surface area contributed by atoms with E-state index in [-0.39, 0.29) is 0 Å². The Bertz CT molecular complexity index is 518. The first-order valence-electron chi connectivity index (χ1n) is 6.26. The molecule has 0 amide bonds. The summed E-state index contributed by atoms with van der Waals surface area (Å²) in [6.45, 7) is 6.33. The number of hydrogen-bond donors (Lipinski definition) is 2. The molecule has 96 valence electrons. The van der Waals surface area contributed by atoms with Crippen LogP contribution in [0.15, 0.2) is 24.3 Å². The highest BCUT2D eigenvalue weighted by molar-refractivity contribution is 5.58. The molecule has 0 unspecified atom stereocenters. The van der Waals surface area contributed by atoms with Crippen LogP contribution in [-0.4, -0.2) is 21.3 Å². The largest absolute Gasteiger partial charge is 0.355 e. The van der Waals surface area contributed by atoms with Crippen LogP contribution in [0.4, 0.5) is 5.95 Å². The Morgan fingerprint density at radius 3 is 2.78 bits per heavy atom. The van der Waals surface area contributed by atoms with E-state index >= 15 is 0 Å². The highest BCUT2D eigenvalue weighted by Crippen LogP contribution is 2.21. The fourth-order valence-corrected chi connectivity index (χ4v) is 1.94. The Morgan fingerprint density at radius 2 is 2.11 bits per heavy atom. The van der Waals surface area contributed by atoms with Crippen molar-refractivity contribution in [3.05, 3.63) is 29.8 Å². The van der Waals surface area contributed by atoms with Crippen LogP contribution in [0.3, 0.4) is 0 Å². The molecule has 1 aromatic carbocycles. The number of nitrogens with zero attached hydrogens (tertiary/aromatic N) is 3. The molecule has 0 atom stereocenters. The Morgan fingerprint density at radius 1 is 1.28 bits per heavy atom. The molecule has 0 fully saturated rings. The van der Waals surface area contributed by atoms with E-state index in [9.17, 15) is 0 Å². The van der Waals surface area contributed by atoms with E-state index in [1.807, 2.05) is 25.1 Å². The summed E-state index contributed by atoms with van der Waals surface area (Å²) in [6, 6.07) is 8.11. The van der Waals surface area contributed by atoms with Crippen LogP contribution in [0.5, 0.6) is 0 Å². The standard InChI is InChI=1S/C13H19N5/c1-3-15-13-17-16-12(18(13)4-2)11-7-5-6-10(8-11)9-14/h5-8H,3-4,9,14H2,1-2H3,(H,15,17). The monoisotopic (exact) mass is 245 g/mol. The molecule has 2 aromatic rings. The van der Waals surface area contributed by atoms with Crippen molar-refractivity contribution in [2.75, 3.05) is 11.9 Å². The van der Waals surface area contributed by atoms with Crippen molar-refractivity contribution in [1.82, 2.24) is 14.8 Å². The van der Waals surface area contributed by atoms with Gasteiger partial charge in [-0.3, -0.25) is 4.57 Å². The number of nitrogens with one attached hydrogen (secondary N) is 1. The van der Waals surface area contributed by atoms with Gasteiger partial charge in [0.1, 0.15) is 0 Å². The van der Waals surface area contributed by atoms with Gasteiger partial charge in [0.05, 0.1) is 0 Å². The average Bonchev–Trinajstić information content (AvgIpc) is 2.82. The molecule has 0 aliphatic heterocycles. The molecule has 5 nitrogen and oxygen atoms in total. The van der Waals surface area contributed by atoms with E-state index in [1.54, 1.807) is 0 Å². The average molecular weight is 245 g/mol. The topological polar surface area (TPSA) is 68.8 Å². The Labute approximate surface area is 107 Å². The first-order chi connectivity index (χ1) is 8.80. The highest BCUT2D eigenvalue weighted by atomic mass is 15.3. The quantitative estimate of drug-likeness (QED) is 0.843. The third-order valence-corrected chi connectivity index (χ3v) is 2.82. The maximum absolute atomic E-state index is 5.67. The fraction of sp³-hybridized carbons (Fsp3) is 0.385. The summed E-state index contributed by atoms with van der Waals surface area (Å²) < 4.78 is 2.07. The maximum Gasteiger partial charge on any atom is 0.224 e. The minimum atomic E-state index is 0.536. The molecule has 18 heavy (non-hydrogen) atoms. The Balaban J connectivity index is 2.43. The van der Waals surface area contributed by atoms with Crippen LogP contribution >= 0.6 is 0 Å². The minimum Gasteiger partial charge on any atom is -0.355 e. The van der Waals surface area contributed by atoms with Crippen molar-refractivity contribution >= 4 is 5.95 Å². The summed E-state index contributed by atoms with van der Waals surface area (Å²) in [5.41, 5.74) is 7.82. The molecular formula is C13H19N5. The Kier molecular flexibility index (Phi) is 3.94. The van der Waals surface area contributed by atoms with Crippen molar-refractivity contribution in [3.8, 4) is 11.4 Å². The van der Waals surface area contributed by atoms with Gasteiger partial charge in [0.25, 0.3) is 0 Å². The van der Waals surface area contributed by atoms with Crippen molar-refractivity contribution in [2.24, 2.45) is 5.73 Å². The van der Waals surface area contributed by atoms with E-state index in [1.165, 1.54) is 0 Å². The van der Waals surface area contributed by atoms with E-state index in [2.05, 4.69) is 33.1 Å². The molecular weight excluding hydrogens is 226 g/mol. The van der Waals surface area contributed by atoms with Crippen LogP contribution in [0.2, 0.25) is 0 Å². The van der Waals surface area contributed by atoms with Gasteiger partial charge in [-0.05, 0) is 25.5 Å². The van der Waals surface area contributed by atoms with Gasteiger partial charge < -0.3 is 11.1 Å². The number of benzene rings is 1. The summed E-state index contributed by atoms with van der Waals surface area (Å²) in [5.74, 6) is 1.69. The lowest BCUT2D eigenvalue weighted by molar-refractivity contribution is 0.770. The summed E-state index contributed by atoms with van der Waals surface area (Å²) in [5, 5.41) is 11.7. The molecule has 0 aliphatic rings. The van der Waals surface area contributed by atoms with Crippen LogP contribution in [0.1, 0.15) is 19.4 Å². The van der Waals surface area contributed by atoms with Gasteiger partial charge in [-0.25, -0.2) is 0 Å². The lowest BCUT2D eigenvalue weighted by Crippen LogP contribution is -2.07. The second-order valence-electron chi connectivity index (χ2n) is 4.03. The van der Waals surface area contributed by atoms with Gasteiger partial charge in [-0.15, -0.1) is 10.2 Å². The molecule has 1 aromatic heterocycles. The van der Waals surface area contributed by atoms with E-state index in [4.69, 9.17) is 5.73 Å². The predicted molar refractivity (Wildman–Crippen MR) is 73.2 cm³/mol. The third-order valence-electron chi connectivity index (χ3n) is 2.82. The zero-order chi connectivity index (χ0) is 13.0. The zero-order valence-electron chi connectivity index (χ0n) is 10.8. The van der Waals surface area contributed by atoms with Crippen LogP contribution in [-0.2, 0) is 13.1 Å². The highest BCUT2D eigenvalue weighted by Gasteiger charge is 2.11. The van der Waals surface area contributed by atoms with Crippen molar-refractivity contribution in [3.63, 3.8) is 0 Å². The zero-order valence-corrected chi connectivity index (χ0v) is 10.8. The molecule has 0 saturated carbocycles. The lowest BCUT2D eigenvalue weighted by atomic mass is 10.1. The van der Waals surface area contributed by atoms with Crippen molar-refractivity contribution in [1.29, 1.82) is 0 Å². The van der Waals surface area contributed by atoms with Crippen LogP contribution < -0.4 is 11.1 Å². The van der Waals surface area contributed by atoms with Gasteiger partial charge in [-0.1, -0.05) is 18.2 Å². The molecule has 0 saturated heterocycles. The van der Waals surface area contributed by atoms with Gasteiger partial charge in [0.15, 0.2) is 5.82 Å². The van der Waals surface area contributed by atoms with Crippen LogP contribution in [0, 0.1) is 0 Å². The van der Waals surface area contributed by atoms with E-state index < -0.39 is 0 Å². The molecule has 0 aliphatic carbocycles. The number of aromatic nitrogens is 3. The van der Waals surface area contributed by atoms with Crippen LogP contribution in [0.25, 0.3) is 11.4 Å². The first kappa shape index (κ1) is 12.6. The summed E-state index contributed by atoms with van der Waals surface area (Å²) in [6.07, 6.45) is 0. The molecule has 0 radical (unpaired) electrons. The third kappa shape index (κ3) is 2.36.